The van der Waals surface area contributed by atoms with Crippen LogP contribution in [-0.4, -0.2) is 20.0 Å². The Labute approximate surface area is 205 Å². The standard InChI is InChI=1S/C25H16ClF5N4O/c1-11-33-23-19(34(11)2)10-15(25(29,30)31)20(21(23)26)14-4-3-5-18-13(14)6-7-35(18)24(36)12-8-16(27)22(32)17(28)9-12/h3-10H,32H2,1-2H3. The highest BCUT2D eigenvalue weighted by atomic mass is 35.5. The van der Waals surface area contributed by atoms with Crippen molar-refractivity contribution in [1.82, 2.24) is 14.1 Å². The fraction of sp³-hybridized carbons (Fsp3) is 0.120. The second-order valence-electron chi connectivity index (χ2n) is 8.28. The number of aryl methyl sites for hydroxylation is 2. The SMILES string of the molecule is Cc1nc2c(Cl)c(-c3cccc4c3ccn4C(=O)c3cc(F)c(N)c(F)c3)c(C(F)(F)F)cc2n1C. The minimum atomic E-state index is -4.75. The molecular weight excluding hydrogens is 503 g/mol. The summed E-state index contributed by atoms with van der Waals surface area (Å²) in [5, 5.41) is 0.0967. The molecule has 0 saturated heterocycles. The summed E-state index contributed by atoms with van der Waals surface area (Å²) in [6.07, 6.45) is -3.43. The van der Waals surface area contributed by atoms with Gasteiger partial charge in [-0.1, -0.05) is 23.7 Å². The number of hydrogen-bond acceptors (Lipinski definition) is 3. The van der Waals surface area contributed by atoms with Crippen molar-refractivity contribution >= 4 is 45.1 Å². The highest BCUT2D eigenvalue weighted by Crippen LogP contribution is 2.46. The number of carbonyl (C=O) groups is 1. The molecule has 11 heteroatoms. The molecule has 0 bridgehead atoms. The van der Waals surface area contributed by atoms with Crippen LogP contribution in [0.2, 0.25) is 5.02 Å². The summed E-state index contributed by atoms with van der Waals surface area (Å²) < 4.78 is 73.1. The number of fused-ring (bicyclic) bond motifs is 2. The van der Waals surface area contributed by atoms with Crippen molar-refractivity contribution in [3.8, 4) is 11.1 Å². The van der Waals surface area contributed by atoms with E-state index < -0.39 is 35.0 Å². The number of nitrogens with zero attached hydrogens (tertiary/aromatic N) is 3. The van der Waals surface area contributed by atoms with Crippen LogP contribution in [0.1, 0.15) is 21.7 Å². The van der Waals surface area contributed by atoms with E-state index in [9.17, 15) is 26.7 Å². The van der Waals surface area contributed by atoms with Crippen LogP contribution in [-0.2, 0) is 13.2 Å². The summed E-state index contributed by atoms with van der Waals surface area (Å²) in [6, 6.07) is 8.46. The molecule has 2 aromatic heterocycles. The molecule has 0 aliphatic carbocycles. The third kappa shape index (κ3) is 3.51. The fourth-order valence-electron chi connectivity index (χ4n) is 4.30. The summed E-state index contributed by atoms with van der Waals surface area (Å²) in [7, 11) is 1.59. The first-order chi connectivity index (χ1) is 16.9. The van der Waals surface area contributed by atoms with Gasteiger partial charge in [0.1, 0.15) is 28.7 Å². The molecule has 0 fully saturated rings. The van der Waals surface area contributed by atoms with Crippen LogP contribution < -0.4 is 5.73 Å². The van der Waals surface area contributed by atoms with E-state index in [2.05, 4.69) is 4.98 Å². The van der Waals surface area contributed by atoms with E-state index in [1.54, 1.807) is 14.0 Å². The van der Waals surface area contributed by atoms with Crippen molar-refractivity contribution in [3.05, 3.63) is 82.3 Å². The predicted octanol–water partition coefficient (Wildman–Crippen LogP) is 6.72. The van der Waals surface area contributed by atoms with Gasteiger partial charge in [-0.05, 0) is 42.8 Å². The average molecular weight is 519 g/mol. The summed E-state index contributed by atoms with van der Waals surface area (Å²) in [5.41, 5.74) is 3.77. The van der Waals surface area contributed by atoms with E-state index in [-0.39, 0.29) is 43.6 Å². The fourth-order valence-corrected chi connectivity index (χ4v) is 4.64. The topological polar surface area (TPSA) is 65.8 Å². The van der Waals surface area contributed by atoms with Crippen LogP contribution in [0.4, 0.5) is 27.6 Å². The molecule has 5 nitrogen and oxygen atoms in total. The minimum Gasteiger partial charge on any atom is -0.394 e. The van der Waals surface area contributed by atoms with Crippen LogP contribution in [0.5, 0.6) is 0 Å². The maximum absolute atomic E-state index is 14.2. The van der Waals surface area contributed by atoms with Gasteiger partial charge in [0, 0.05) is 29.8 Å². The molecule has 0 aliphatic heterocycles. The monoisotopic (exact) mass is 518 g/mol. The number of nitrogens with two attached hydrogens (primary N) is 1. The molecule has 0 saturated carbocycles. The van der Waals surface area contributed by atoms with Crippen molar-refractivity contribution < 1.29 is 26.7 Å². The van der Waals surface area contributed by atoms with Crippen molar-refractivity contribution in [2.24, 2.45) is 7.05 Å². The molecule has 0 amide bonds. The van der Waals surface area contributed by atoms with E-state index in [1.807, 2.05) is 0 Å². The van der Waals surface area contributed by atoms with E-state index in [0.29, 0.717) is 5.82 Å². The van der Waals surface area contributed by atoms with Crippen molar-refractivity contribution in [3.63, 3.8) is 0 Å². The Morgan fingerprint density at radius 2 is 1.72 bits per heavy atom. The third-order valence-electron chi connectivity index (χ3n) is 6.19. The number of imidazole rings is 1. The first-order valence-corrected chi connectivity index (χ1v) is 10.9. The Morgan fingerprint density at radius 1 is 1.06 bits per heavy atom. The highest BCUT2D eigenvalue weighted by molar-refractivity contribution is 6.38. The largest absolute Gasteiger partial charge is 0.417 e. The Balaban J connectivity index is 1.76. The molecule has 5 aromatic rings. The lowest BCUT2D eigenvalue weighted by Crippen LogP contribution is -2.12. The molecule has 184 valence electrons. The number of carbonyl (C=O) groups excluding carboxylic acids is 1. The van der Waals surface area contributed by atoms with Gasteiger partial charge in [0.25, 0.3) is 5.91 Å². The Morgan fingerprint density at radius 3 is 2.36 bits per heavy atom. The zero-order chi connectivity index (χ0) is 26.1. The number of rotatable bonds is 2. The first-order valence-electron chi connectivity index (χ1n) is 10.5. The van der Waals surface area contributed by atoms with Crippen LogP contribution >= 0.6 is 11.6 Å². The minimum absolute atomic E-state index is 0.122. The van der Waals surface area contributed by atoms with Gasteiger partial charge in [-0.15, -0.1) is 0 Å². The summed E-state index contributed by atoms with van der Waals surface area (Å²) in [5.74, 6) is -2.51. The number of aromatic nitrogens is 3. The van der Waals surface area contributed by atoms with E-state index >= 15 is 0 Å². The summed E-state index contributed by atoms with van der Waals surface area (Å²) >= 11 is 6.54. The number of anilines is 1. The maximum Gasteiger partial charge on any atom is 0.417 e. The van der Waals surface area contributed by atoms with Gasteiger partial charge in [-0.3, -0.25) is 9.36 Å². The zero-order valence-electron chi connectivity index (χ0n) is 18.7. The normalized spacial score (nSPS) is 12.1. The van der Waals surface area contributed by atoms with Gasteiger partial charge in [0.2, 0.25) is 0 Å². The van der Waals surface area contributed by atoms with E-state index in [0.717, 1.165) is 22.8 Å². The van der Waals surface area contributed by atoms with Crippen LogP contribution in [0.15, 0.2) is 48.7 Å². The molecule has 0 unspecified atom stereocenters. The van der Waals surface area contributed by atoms with E-state index in [4.69, 9.17) is 17.3 Å². The smallest absolute Gasteiger partial charge is 0.394 e. The lowest BCUT2D eigenvalue weighted by molar-refractivity contribution is -0.137. The van der Waals surface area contributed by atoms with Gasteiger partial charge in [-0.25, -0.2) is 13.8 Å². The van der Waals surface area contributed by atoms with Gasteiger partial charge >= 0.3 is 6.18 Å². The maximum atomic E-state index is 14.2. The molecule has 2 heterocycles. The van der Waals surface area contributed by atoms with Crippen LogP contribution in [0.25, 0.3) is 33.1 Å². The number of alkyl halides is 3. The molecule has 3 aromatic carbocycles. The van der Waals surface area contributed by atoms with Crippen LogP contribution in [0, 0.1) is 18.6 Å². The van der Waals surface area contributed by atoms with Gasteiger partial charge in [0.05, 0.1) is 21.6 Å². The second-order valence-corrected chi connectivity index (χ2v) is 8.66. The number of hydrogen-bond donors (Lipinski definition) is 1. The molecule has 0 radical (unpaired) electrons. The summed E-state index contributed by atoms with van der Waals surface area (Å²) in [4.78, 5) is 17.4. The second kappa shape index (κ2) is 8.06. The molecule has 5 rings (SSSR count). The summed E-state index contributed by atoms with van der Waals surface area (Å²) in [6.45, 7) is 1.65. The number of halogens is 6. The predicted molar refractivity (Wildman–Crippen MR) is 127 cm³/mol. The quantitative estimate of drug-likeness (QED) is 0.208. The molecule has 0 spiro atoms. The van der Waals surface area contributed by atoms with Crippen molar-refractivity contribution in [2.75, 3.05) is 5.73 Å². The Hall–Kier alpha value is -3.92. The molecule has 0 atom stereocenters. The first kappa shape index (κ1) is 23.8. The van der Waals surface area contributed by atoms with Gasteiger partial charge in [-0.2, -0.15) is 13.2 Å². The Bertz CT molecular complexity index is 1690. The van der Waals surface area contributed by atoms with Crippen LogP contribution in [0.3, 0.4) is 0 Å². The molecule has 2 N–H and O–H groups in total. The third-order valence-corrected chi connectivity index (χ3v) is 6.56. The molecule has 36 heavy (non-hydrogen) atoms. The zero-order valence-corrected chi connectivity index (χ0v) is 19.5. The van der Waals surface area contributed by atoms with Gasteiger partial charge in [0.15, 0.2) is 0 Å². The number of benzene rings is 3. The lowest BCUT2D eigenvalue weighted by Gasteiger charge is -2.17. The molecular formula is C25H16ClF5N4O. The average Bonchev–Trinajstić information content (AvgIpc) is 3.37. The van der Waals surface area contributed by atoms with Crippen molar-refractivity contribution in [1.29, 1.82) is 0 Å². The van der Waals surface area contributed by atoms with Gasteiger partial charge < -0.3 is 10.3 Å². The number of nitrogen functional groups attached to an aromatic ring is 1. The highest BCUT2D eigenvalue weighted by Gasteiger charge is 2.37. The van der Waals surface area contributed by atoms with E-state index in [1.165, 1.54) is 35.0 Å². The van der Waals surface area contributed by atoms with Crippen molar-refractivity contribution in [2.45, 2.75) is 13.1 Å². The molecule has 0 aliphatic rings. The lowest BCUT2D eigenvalue weighted by atomic mass is 9.95. The Kier molecular flexibility index (Phi) is 5.33.